The number of hydrogen-bond acceptors (Lipinski definition) is 3. The fraction of sp³-hybridized carbons (Fsp3) is 0.533. The monoisotopic (exact) mass is 260 g/mol. The molecule has 4 heteroatoms. The Morgan fingerprint density at radius 3 is 2.95 bits per heavy atom. The van der Waals surface area contributed by atoms with Crippen molar-refractivity contribution < 1.29 is 9.53 Å². The third kappa shape index (κ3) is 2.26. The Balaban J connectivity index is 1.80. The third-order valence-electron chi connectivity index (χ3n) is 4.18. The lowest BCUT2D eigenvalue weighted by Crippen LogP contribution is -2.47. The Kier molecular flexibility index (Phi) is 3.29. The molecule has 3 rings (SSSR count). The number of fused-ring (bicyclic) bond motifs is 1. The van der Waals surface area contributed by atoms with Gasteiger partial charge in [-0.1, -0.05) is 12.1 Å². The van der Waals surface area contributed by atoms with E-state index in [1.807, 2.05) is 13.1 Å². The molecular weight excluding hydrogens is 240 g/mol. The average molecular weight is 260 g/mol. The van der Waals surface area contributed by atoms with Gasteiger partial charge in [-0.2, -0.15) is 0 Å². The maximum atomic E-state index is 11.4. The van der Waals surface area contributed by atoms with Gasteiger partial charge >= 0.3 is 0 Å². The van der Waals surface area contributed by atoms with Crippen molar-refractivity contribution in [3.05, 3.63) is 29.3 Å². The normalized spacial score (nSPS) is 19.7. The SMILES string of the molecule is CNCCCC1(c2ccc3c(c2)CC(=O)N3)COC1. The molecule has 1 aromatic rings. The van der Waals surface area contributed by atoms with Gasteiger partial charge in [-0.3, -0.25) is 4.79 Å². The summed E-state index contributed by atoms with van der Waals surface area (Å²) in [7, 11) is 1.98. The number of carbonyl (C=O) groups is 1. The summed E-state index contributed by atoms with van der Waals surface area (Å²) >= 11 is 0. The van der Waals surface area contributed by atoms with Crippen LogP contribution in [0.15, 0.2) is 18.2 Å². The third-order valence-corrected chi connectivity index (χ3v) is 4.18. The van der Waals surface area contributed by atoms with Gasteiger partial charge in [-0.25, -0.2) is 0 Å². The first-order chi connectivity index (χ1) is 9.23. The van der Waals surface area contributed by atoms with E-state index in [1.165, 1.54) is 5.56 Å². The van der Waals surface area contributed by atoms with Gasteiger partial charge in [0.15, 0.2) is 0 Å². The standard InChI is InChI=1S/C15H20N2O2/c1-16-6-2-5-15(9-19-10-15)12-3-4-13-11(7-12)8-14(18)17-13/h3-4,7,16H,2,5-6,8-10H2,1H3,(H,17,18). The van der Waals surface area contributed by atoms with Crippen molar-refractivity contribution in [1.82, 2.24) is 5.32 Å². The van der Waals surface area contributed by atoms with E-state index >= 15 is 0 Å². The number of ether oxygens (including phenoxy) is 1. The van der Waals surface area contributed by atoms with Gasteiger partial charge in [0.2, 0.25) is 5.91 Å². The van der Waals surface area contributed by atoms with Crippen LogP contribution in [0.1, 0.15) is 24.0 Å². The van der Waals surface area contributed by atoms with Gasteiger partial charge in [-0.05, 0) is 43.6 Å². The number of anilines is 1. The fourth-order valence-corrected chi connectivity index (χ4v) is 2.97. The van der Waals surface area contributed by atoms with Crippen molar-refractivity contribution >= 4 is 11.6 Å². The highest BCUT2D eigenvalue weighted by atomic mass is 16.5. The lowest BCUT2D eigenvalue weighted by Gasteiger charge is -2.42. The van der Waals surface area contributed by atoms with Gasteiger partial charge in [0.05, 0.1) is 19.6 Å². The van der Waals surface area contributed by atoms with Crippen LogP contribution in [-0.2, 0) is 21.4 Å². The molecule has 0 saturated carbocycles. The molecule has 2 N–H and O–H groups in total. The molecule has 2 aliphatic rings. The minimum Gasteiger partial charge on any atom is -0.379 e. The van der Waals surface area contributed by atoms with Crippen molar-refractivity contribution in [2.75, 3.05) is 32.1 Å². The average Bonchev–Trinajstić information content (AvgIpc) is 2.71. The molecule has 1 amide bonds. The summed E-state index contributed by atoms with van der Waals surface area (Å²) in [5.74, 6) is 0.0984. The number of rotatable bonds is 5. The molecular formula is C15H20N2O2. The van der Waals surface area contributed by atoms with E-state index in [2.05, 4.69) is 22.8 Å². The predicted molar refractivity (Wildman–Crippen MR) is 74.4 cm³/mol. The van der Waals surface area contributed by atoms with Gasteiger partial charge in [0.25, 0.3) is 0 Å². The molecule has 1 aromatic carbocycles. The number of carbonyl (C=O) groups excluding carboxylic acids is 1. The Hall–Kier alpha value is -1.39. The van der Waals surface area contributed by atoms with Gasteiger partial charge in [0, 0.05) is 11.1 Å². The van der Waals surface area contributed by atoms with Crippen molar-refractivity contribution in [1.29, 1.82) is 0 Å². The zero-order chi connectivity index (χ0) is 13.3. The maximum Gasteiger partial charge on any atom is 0.228 e. The van der Waals surface area contributed by atoms with E-state index in [4.69, 9.17) is 4.74 Å². The highest BCUT2D eigenvalue weighted by Crippen LogP contribution is 2.39. The van der Waals surface area contributed by atoms with Crippen molar-refractivity contribution in [2.45, 2.75) is 24.7 Å². The molecule has 2 heterocycles. The second kappa shape index (κ2) is 4.94. The minimum atomic E-state index is 0.0984. The molecule has 0 radical (unpaired) electrons. The second-order valence-electron chi connectivity index (χ2n) is 5.58. The Bertz CT molecular complexity index is 495. The molecule has 0 unspecified atom stereocenters. The lowest BCUT2D eigenvalue weighted by atomic mass is 9.74. The van der Waals surface area contributed by atoms with E-state index in [0.717, 1.165) is 43.9 Å². The molecule has 1 saturated heterocycles. The molecule has 0 bridgehead atoms. The lowest BCUT2D eigenvalue weighted by molar-refractivity contribution is -0.115. The minimum absolute atomic E-state index is 0.0984. The Labute approximate surface area is 113 Å². The first-order valence-corrected chi connectivity index (χ1v) is 6.89. The molecule has 1 fully saturated rings. The van der Waals surface area contributed by atoms with Crippen LogP contribution in [0.4, 0.5) is 5.69 Å². The number of benzene rings is 1. The summed E-state index contributed by atoms with van der Waals surface area (Å²) in [5.41, 5.74) is 3.59. The summed E-state index contributed by atoms with van der Waals surface area (Å²) in [6.07, 6.45) is 2.79. The second-order valence-corrected chi connectivity index (χ2v) is 5.58. The predicted octanol–water partition coefficient (Wildman–Crippen LogP) is 1.45. The van der Waals surface area contributed by atoms with Crippen LogP contribution in [0.2, 0.25) is 0 Å². The van der Waals surface area contributed by atoms with Crippen LogP contribution in [0, 0.1) is 0 Å². The van der Waals surface area contributed by atoms with Gasteiger partial charge in [0.1, 0.15) is 0 Å². The number of amides is 1. The first-order valence-electron chi connectivity index (χ1n) is 6.89. The molecule has 0 aliphatic carbocycles. The van der Waals surface area contributed by atoms with Crippen LogP contribution < -0.4 is 10.6 Å². The zero-order valence-electron chi connectivity index (χ0n) is 11.3. The smallest absolute Gasteiger partial charge is 0.228 e. The largest absolute Gasteiger partial charge is 0.379 e. The van der Waals surface area contributed by atoms with Gasteiger partial charge < -0.3 is 15.4 Å². The Morgan fingerprint density at radius 2 is 2.26 bits per heavy atom. The molecule has 19 heavy (non-hydrogen) atoms. The van der Waals surface area contributed by atoms with Crippen molar-refractivity contribution in [3.63, 3.8) is 0 Å². The molecule has 0 spiro atoms. The van der Waals surface area contributed by atoms with Crippen molar-refractivity contribution in [3.8, 4) is 0 Å². The summed E-state index contributed by atoms with van der Waals surface area (Å²) in [4.78, 5) is 11.4. The zero-order valence-corrected chi connectivity index (χ0v) is 11.3. The summed E-state index contributed by atoms with van der Waals surface area (Å²) in [6, 6.07) is 6.37. The van der Waals surface area contributed by atoms with Gasteiger partial charge in [-0.15, -0.1) is 0 Å². The van der Waals surface area contributed by atoms with E-state index in [-0.39, 0.29) is 11.3 Å². The maximum absolute atomic E-state index is 11.4. The van der Waals surface area contributed by atoms with E-state index in [9.17, 15) is 4.79 Å². The van der Waals surface area contributed by atoms with Crippen LogP contribution in [0.5, 0.6) is 0 Å². The molecule has 0 aromatic heterocycles. The quantitative estimate of drug-likeness (QED) is 0.788. The van der Waals surface area contributed by atoms with Crippen LogP contribution in [0.3, 0.4) is 0 Å². The molecule has 0 atom stereocenters. The highest BCUT2D eigenvalue weighted by molar-refractivity contribution is 5.99. The first kappa shape index (κ1) is 12.6. The summed E-state index contributed by atoms with van der Waals surface area (Å²) in [5, 5.41) is 6.08. The molecule has 102 valence electrons. The van der Waals surface area contributed by atoms with Crippen LogP contribution >= 0.6 is 0 Å². The van der Waals surface area contributed by atoms with Crippen LogP contribution in [-0.4, -0.2) is 32.7 Å². The van der Waals surface area contributed by atoms with Crippen molar-refractivity contribution in [2.24, 2.45) is 0 Å². The van der Waals surface area contributed by atoms with E-state index in [0.29, 0.717) is 6.42 Å². The van der Waals surface area contributed by atoms with E-state index in [1.54, 1.807) is 0 Å². The molecule has 2 aliphatic heterocycles. The number of nitrogens with one attached hydrogen (secondary N) is 2. The topological polar surface area (TPSA) is 50.4 Å². The Morgan fingerprint density at radius 1 is 1.42 bits per heavy atom. The summed E-state index contributed by atoms with van der Waals surface area (Å²) < 4.78 is 5.46. The number of hydrogen-bond donors (Lipinski definition) is 2. The fourth-order valence-electron chi connectivity index (χ4n) is 2.97. The highest BCUT2D eigenvalue weighted by Gasteiger charge is 2.40. The molecule has 4 nitrogen and oxygen atoms in total. The summed E-state index contributed by atoms with van der Waals surface area (Å²) in [6.45, 7) is 2.64. The van der Waals surface area contributed by atoms with E-state index < -0.39 is 0 Å². The van der Waals surface area contributed by atoms with Crippen LogP contribution in [0.25, 0.3) is 0 Å².